The summed E-state index contributed by atoms with van der Waals surface area (Å²) in [5.41, 5.74) is 0. The smallest absolute Gasteiger partial charge is 0.226 e. The lowest BCUT2D eigenvalue weighted by molar-refractivity contribution is -0.141. The Bertz CT molecular complexity index is 250. The maximum Gasteiger partial charge on any atom is 0.226 e. The lowest BCUT2D eigenvalue weighted by Crippen LogP contribution is -2.43. The minimum Gasteiger partial charge on any atom is -0.335 e. The molecule has 1 aliphatic rings. The molecule has 1 saturated heterocycles. The van der Waals surface area contributed by atoms with Crippen LogP contribution in [-0.4, -0.2) is 29.7 Å². The lowest BCUT2D eigenvalue weighted by Gasteiger charge is -2.29. The molecular weight excluding hydrogens is 202 g/mol. The van der Waals surface area contributed by atoms with Gasteiger partial charge >= 0.3 is 0 Å². The van der Waals surface area contributed by atoms with E-state index in [0.29, 0.717) is 13.0 Å². The van der Waals surface area contributed by atoms with Crippen molar-refractivity contribution < 1.29 is 9.59 Å². The van der Waals surface area contributed by atoms with Crippen LogP contribution in [0.1, 0.15) is 52.4 Å². The van der Waals surface area contributed by atoms with Crippen molar-refractivity contribution in [3.8, 4) is 0 Å². The Morgan fingerprint density at radius 1 is 1.44 bits per heavy atom. The lowest BCUT2D eigenvalue weighted by atomic mass is 9.96. The summed E-state index contributed by atoms with van der Waals surface area (Å²) in [6.45, 7) is 5.32. The van der Waals surface area contributed by atoms with E-state index < -0.39 is 0 Å². The molecule has 0 radical (unpaired) electrons. The number of Topliss-reactive ketones (excluding diaryl/α,β-unsaturated/α-hetero) is 1. The molecule has 0 aromatic rings. The minimum atomic E-state index is 0.130. The fourth-order valence-corrected chi connectivity index (χ4v) is 2.24. The zero-order valence-electron chi connectivity index (χ0n) is 10.5. The third kappa shape index (κ3) is 3.62. The molecule has 92 valence electrons. The summed E-state index contributed by atoms with van der Waals surface area (Å²) in [4.78, 5) is 25.2. The molecule has 0 aliphatic carbocycles. The number of carbonyl (C=O) groups is 2. The van der Waals surface area contributed by atoms with Gasteiger partial charge in [0.25, 0.3) is 0 Å². The third-order valence-corrected chi connectivity index (χ3v) is 3.31. The van der Waals surface area contributed by atoms with E-state index in [1.54, 1.807) is 4.90 Å². The molecule has 0 spiro atoms. The van der Waals surface area contributed by atoms with Gasteiger partial charge in [-0.15, -0.1) is 0 Å². The highest BCUT2D eigenvalue weighted by molar-refractivity contribution is 5.88. The van der Waals surface area contributed by atoms with Crippen molar-refractivity contribution >= 4 is 11.7 Å². The first kappa shape index (κ1) is 13.2. The number of hydrogen-bond acceptors (Lipinski definition) is 2. The molecule has 1 heterocycles. The van der Waals surface area contributed by atoms with E-state index in [4.69, 9.17) is 0 Å². The van der Waals surface area contributed by atoms with Gasteiger partial charge in [-0.05, 0) is 19.3 Å². The van der Waals surface area contributed by atoms with Gasteiger partial charge in [-0.3, -0.25) is 9.59 Å². The minimum absolute atomic E-state index is 0.130. The van der Waals surface area contributed by atoms with E-state index in [1.165, 1.54) is 0 Å². The van der Waals surface area contributed by atoms with Crippen LogP contribution in [0.25, 0.3) is 0 Å². The summed E-state index contributed by atoms with van der Waals surface area (Å²) in [5.74, 6) is 0.541. The number of carbonyl (C=O) groups excluding carboxylic acids is 2. The Hall–Kier alpha value is -0.860. The molecule has 0 aromatic heterocycles. The van der Waals surface area contributed by atoms with Gasteiger partial charge in [0.05, 0.1) is 6.54 Å². The number of amides is 1. The van der Waals surface area contributed by atoms with E-state index in [-0.39, 0.29) is 17.6 Å². The van der Waals surface area contributed by atoms with Gasteiger partial charge in [0.1, 0.15) is 0 Å². The van der Waals surface area contributed by atoms with Crippen LogP contribution in [0.5, 0.6) is 0 Å². The summed E-state index contributed by atoms with van der Waals surface area (Å²) in [7, 11) is 0. The number of ketones is 1. The zero-order valence-corrected chi connectivity index (χ0v) is 10.5. The SMILES string of the molecule is CCCCC(CC)C(=O)N1CCCC(=O)C1. The Morgan fingerprint density at radius 3 is 2.75 bits per heavy atom. The number of nitrogens with zero attached hydrogens (tertiary/aromatic N) is 1. The largest absolute Gasteiger partial charge is 0.335 e. The highest BCUT2D eigenvalue weighted by atomic mass is 16.2. The average molecular weight is 225 g/mol. The Morgan fingerprint density at radius 2 is 2.19 bits per heavy atom. The fourth-order valence-electron chi connectivity index (χ4n) is 2.24. The quantitative estimate of drug-likeness (QED) is 0.720. The molecule has 1 amide bonds. The number of rotatable bonds is 5. The van der Waals surface area contributed by atoms with Crippen LogP contribution in [0.3, 0.4) is 0 Å². The number of hydrogen-bond donors (Lipinski definition) is 0. The van der Waals surface area contributed by atoms with Crippen LogP contribution in [0, 0.1) is 5.92 Å². The maximum atomic E-state index is 12.2. The second-order valence-electron chi connectivity index (χ2n) is 4.65. The number of piperidine rings is 1. The molecule has 0 N–H and O–H groups in total. The van der Waals surface area contributed by atoms with Crippen molar-refractivity contribution in [2.45, 2.75) is 52.4 Å². The van der Waals surface area contributed by atoms with E-state index in [9.17, 15) is 9.59 Å². The van der Waals surface area contributed by atoms with Crippen molar-refractivity contribution in [1.29, 1.82) is 0 Å². The molecule has 1 unspecified atom stereocenters. The predicted octanol–water partition coefficient (Wildman–Crippen LogP) is 2.39. The summed E-state index contributed by atoms with van der Waals surface area (Å²) in [6.07, 6.45) is 5.58. The number of unbranched alkanes of at least 4 members (excludes halogenated alkanes) is 1. The van der Waals surface area contributed by atoms with Gasteiger partial charge in [-0.2, -0.15) is 0 Å². The molecule has 1 atom stereocenters. The predicted molar refractivity (Wildman–Crippen MR) is 64.1 cm³/mol. The molecule has 3 nitrogen and oxygen atoms in total. The van der Waals surface area contributed by atoms with Gasteiger partial charge in [-0.1, -0.05) is 26.7 Å². The van der Waals surface area contributed by atoms with E-state index >= 15 is 0 Å². The highest BCUT2D eigenvalue weighted by Crippen LogP contribution is 2.18. The molecule has 1 rings (SSSR count). The van der Waals surface area contributed by atoms with E-state index in [1.807, 2.05) is 0 Å². The first-order chi connectivity index (χ1) is 7.69. The fraction of sp³-hybridized carbons (Fsp3) is 0.846. The molecule has 0 bridgehead atoms. The molecule has 1 aliphatic heterocycles. The first-order valence-corrected chi connectivity index (χ1v) is 6.49. The van der Waals surface area contributed by atoms with Crippen molar-refractivity contribution in [2.75, 3.05) is 13.1 Å². The van der Waals surface area contributed by atoms with Gasteiger partial charge < -0.3 is 4.90 Å². The Labute approximate surface area is 98.2 Å². The second kappa shape index (κ2) is 6.66. The van der Waals surface area contributed by atoms with E-state index in [0.717, 1.165) is 38.6 Å². The second-order valence-corrected chi connectivity index (χ2v) is 4.65. The standard InChI is InChI=1S/C13H23NO2/c1-3-5-7-11(4-2)13(16)14-9-6-8-12(15)10-14/h11H,3-10H2,1-2H3. The van der Waals surface area contributed by atoms with Crippen LogP contribution in [0.2, 0.25) is 0 Å². The van der Waals surface area contributed by atoms with Crippen molar-refractivity contribution in [2.24, 2.45) is 5.92 Å². The van der Waals surface area contributed by atoms with Crippen LogP contribution < -0.4 is 0 Å². The topological polar surface area (TPSA) is 37.4 Å². The van der Waals surface area contributed by atoms with Crippen LogP contribution in [0.4, 0.5) is 0 Å². The molecule has 3 heteroatoms. The highest BCUT2D eigenvalue weighted by Gasteiger charge is 2.26. The van der Waals surface area contributed by atoms with Gasteiger partial charge in [0.2, 0.25) is 5.91 Å². The summed E-state index contributed by atoms with van der Waals surface area (Å²) < 4.78 is 0. The molecule has 0 saturated carbocycles. The van der Waals surface area contributed by atoms with Gasteiger partial charge in [0, 0.05) is 18.9 Å². The molecule has 0 aromatic carbocycles. The van der Waals surface area contributed by atoms with Crippen LogP contribution in [-0.2, 0) is 9.59 Å². The monoisotopic (exact) mass is 225 g/mol. The first-order valence-electron chi connectivity index (χ1n) is 6.49. The molecule has 16 heavy (non-hydrogen) atoms. The van der Waals surface area contributed by atoms with Crippen LogP contribution >= 0.6 is 0 Å². The summed E-state index contributed by atoms with van der Waals surface area (Å²) in [5, 5.41) is 0. The average Bonchev–Trinajstić information content (AvgIpc) is 2.29. The van der Waals surface area contributed by atoms with Crippen molar-refractivity contribution in [3.05, 3.63) is 0 Å². The third-order valence-electron chi connectivity index (χ3n) is 3.31. The Balaban J connectivity index is 2.49. The normalized spacial score (nSPS) is 18.6. The van der Waals surface area contributed by atoms with Crippen LogP contribution in [0.15, 0.2) is 0 Å². The maximum absolute atomic E-state index is 12.2. The molecular formula is C13H23NO2. The number of likely N-dealkylation sites (tertiary alicyclic amines) is 1. The Kier molecular flexibility index (Phi) is 5.50. The van der Waals surface area contributed by atoms with Crippen molar-refractivity contribution in [1.82, 2.24) is 4.90 Å². The summed E-state index contributed by atoms with van der Waals surface area (Å²) >= 11 is 0. The van der Waals surface area contributed by atoms with Gasteiger partial charge in [0.15, 0.2) is 5.78 Å². The van der Waals surface area contributed by atoms with Gasteiger partial charge in [-0.25, -0.2) is 0 Å². The zero-order chi connectivity index (χ0) is 12.0. The molecule has 1 fully saturated rings. The summed E-state index contributed by atoms with van der Waals surface area (Å²) in [6, 6.07) is 0. The van der Waals surface area contributed by atoms with E-state index in [2.05, 4.69) is 13.8 Å². The van der Waals surface area contributed by atoms with Crippen molar-refractivity contribution in [3.63, 3.8) is 0 Å².